The zero-order chi connectivity index (χ0) is 11.6. The van der Waals surface area contributed by atoms with Crippen molar-refractivity contribution in [1.82, 2.24) is 9.97 Å². The molecule has 0 aliphatic carbocycles. The smallest absolute Gasteiger partial charge is 0.223 e. The van der Waals surface area contributed by atoms with Crippen LogP contribution in [-0.2, 0) is 0 Å². The van der Waals surface area contributed by atoms with E-state index in [1.54, 1.807) is 6.07 Å². The van der Waals surface area contributed by atoms with Gasteiger partial charge < -0.3 is 11.1 Å². The van der Waals surface area contributed by atoms with Crippen molar-refractivity contribution < 1.29 is 0 Å². The van der Waals surface area contributed by atoms with Gasteiger partial charge in [0.1, 0.15) is 11.0 Å². The Balaban J connectivity index is 2.81. The van der Waals surface area contributed by atoms with Crippen molar-refractivity contribution in [1.29, 1.82) is 0 Å². The SMILES string of the molecule is CC(Nc1cc(Cl)nc(N)n1)C(C)(C)C. The van der Waals surface area contributed by atoms with Crippen LogP contribution in [0.15, 0.2) is 6.07 Å². The first-order chi connectivity index (χ1) is 6.79. The molecule has 5 heteroatoms. The number of halogens is 1. The number of nitrogen functional groups attached to an aromatic ring is 1. The zero-order valence-corrected chi connectivity index (χ0v) is 10.3. The Bertz CT molecular complexity index is 326. The molecule has 0 saturated carbocycles. The van der Waals surface area contributed by atoms with E-state index in [2.05, 4.69) is 43.0 Å². The van der Waals surface area contributed by atoms with Gasteiger partial charge in [-0.05, 0) is 12.3 Å². The lowest BCUT2D eigenvalue weighted by molar-refractivity contribution is 0.359. The lowest BCUT2D eigenvalue weighted by Gasteiger charge is -2.28. The van der Waals surface area contributed by atoms with Crippen LogP contribution in [0.25, 0.3) is 0 Å². The van der Waals surface area contributed by atoms with E-state index < -0.39 is 0 Å². The third-order valence-electron chi connectivity index (χ3n) is 2.38. The first kappa shape index (κ1) is 12.0. The van der Waals surface area contributed by atoms with Crippen LogP contribution in [-0.4, -0.2) is 16.0 Å². The van der Waals surface area contributed by atoms with Gasteiger partial charge in [-0.1, -0.05) is 32.4 Å². The quantitative estimate of drug-likeness (QED) is 0.764. The predicted octanol–water partition coefficient (Wildman–Crippen LogP) is 2.56. The second-order valence-electron chi connectivity index (χ2n) is 4.67. The Morgan fingerprint density at radius 1 is 1.40 bits per heavy atom. The summed E-state index contributed by atoms with van der Waals surface area (Å²) in [4.78, 5) is 7.85. The molecule has 0 bridgehead atoms. The fourth-order valence-electron chi connectivity index (χ4n) is 0.947. The molecule has 0 radical (unpaired) electrons. The van der Waals surface area contributed by atoms with Gasteiger partial charge in [0, 0.05) is 12.1 Å². The second-order valence-corrected chi connectivity index (χ2v) is 5.05. The first-order valence-electron chi connectivity index (χ1n) is 4.85. The van der Waals surface area contributed by atoms with Crippen molar-refractivity contribution in [3.8, 4) is 0 Å². The average molecular weight is 229 g/mol. The van der Waals surface area contributed by atoms with E-state index in [1.807, 2.05) is 0 Å². The van der Waals surface area contributed by atoms with Gasteiger partial charge in [0.15, 0.2) is 0 Å². The Hall–Kier alpha value is -1.03. The van der Waals surface area contributed by atoms with Crippen molar-refractivity contribution in [2.45, 2.75) is 33.7 Å². The highest BCUT2D eigenvalue weighted by Gasteiger charge is 2.20. The summed E-state index contributed by atoms with van der Waals surface area (Å²) in [6.45, 7) is 8.54. The van der Waals surface area contributed by atoms with Gasteiger partial charge in [0.2, 0.25) is 5.95 Å². The van der Waals surface area contributed by atoms with Gasteiger partial charge in [-0.15, -0.1) is 0 Å². The summed E-state index contributed by atoms with van der Waals surface area (Å²) in [7, 11) is 0. The molecule has 4 nitrogen and oxygen atoms in total. The van der Waals surface area contributed by atoms with Gasteiger partial charge in [-0.3, -0.25) is 0 Å². The maximum atomic E-state index is 5.78. The first-order valence-corrected chi connectivity index (χ1v) is 5.23. The average Bonchev–Trinajstić information content (AvgIpc) is 1.99. The number of hydrogen-bond donors (Lipinski definition) is 2. The maximum absolute atomic E-state index is 5.78. The van der Waals surface area contributed by atoms with Gasteiger partial charge in [-0.2, -0.15) is 4.98 Å². The van der Waals surface area contributed by atoms with Crippen molar-refractivity contribution in [2.24, 2.45) is 5.41 Å². The number of nitrogens with one attached hydrogen (secondary N) is 1. The summed E-state index contributed by atoms with van der Waals surface area (Å²) in [5, 5.41) is 3.60. The molecular formula is C10H17ClN4. The molecule has 1 heterocycles. The molecule has 0 aliphatic heterocycles. The number of nitrogens with zero attached hydrogens (tertiary/aromatic N) is 2. The molecule has 15 heavy (non-hydrogen) atoms. The third-order valence-corrected chi connectivity index (χ3v) is 2.57. The standard InChI is InChI=1S/C10H17ClN4/c1-6(10(2,3)4)13-8-5-7(11)14-9(12)15-8/h5-6H,1-4H3,(H3,12,13,14,15). The van der Waals surface area contributed by atoms with Crippen LogP contribution < -0.4 is 11.1 Å². The molecule has 3 N–H and O–H groups in total. The van der Waals surface area contributed by atoms with Crippen LogP contribution in [0.1, 0.15) is 27.7 Å². The fourth-order valence-corrected chi connectivity index (χ4v) is 1.14. The fraction of sp³-hybridized carbons (Fsp3) is 0.600. The minimum Gasteiger partial charge on any atom is -0.368 e. The van der Waals surface area contributed by atoms with E-state index in [1.165, 1.54) is 0 Å². The normalized spacial score (nSPS) is 13.7. The minimum absolute atomic E-state index is 0.145. The molecule has 1 aromatic rings. The van der Waals surface area contributed by atoms with E-state index in [9.17, 15) is 0 Å². The molecule has 0 aromatic carbocycles. The number of nitrogens with two attached hydrogens (primary N) is 1. The summed E-state index contributed by atoms with van der Waals surface area (Å²) < 4.78 is 0. The number of hydrogen-bond acceptors (Lipinski definition) is 4. The number of anilines is 2. The maximum Gasteiger partial charge on any atom is 0.223 e. The third kappa shape index (κ3) is 3.55. The second kappa shape index (κ2) is 4.23. The Morgan fingerprint density at radius 3 is 2.47 bits per heavy atom. The van der Waals surface area contributed by atoms with Crippen LogP contribution in [0.3, 0.4) is 0 Å². The van der Waals surface area contributed by atoms with Gasteiger partial charge >= 0.3 is 0 Å². The summed E-state index contributed by atoms with van der Waals surface area (Å²) >= 11 is 5.78. The Kier molecular flexibility index (Phi) is 3.39. The molecule has 0 aliphatic rings. The molecule has 1 atom stereocenters. The summed E-state index contributed by atoms with van der Waals surface area (Å²) in [5.74, 6) is 0.848. The van der Waals surface area contributed by atoms with Crippen molar-refractivity contribution in [3.05, 3.63) is 11.2 Å². The summed E-state index contributed by atoms with van der Waals surface area (Å²) in [6, 6.07) is 1.93. The van der Waals surface area contributed by atoms with E-state index in [4.69, 9.17) is 17.3 Å². The highest BCUT2D eigenvalue weighted by Crippen LogP contribution is 2.23. The molecule has 1 aromatic heterocycles. The lowest BCUT2D eigenvalue weighted by atomic mass is 9.88. The van der Waals surface area contributed by atoms with E-state index in [0.29, 0.717) is 11.0 Å². The van der Waals surface area contributed by atoms with Crippen LogP contribution >= 0.6 is 11.6 Å². The van der Waals surface area contributed by atoms with Crippen molar-refractivity contribution in [3.63, 3.8) is 0 Å². The topological polar surface area (TPSA) is 63.8 Å². The monoisotopic (exact) mass is 228 g/mol. The molecule has 0 spiro atoms. The molecule has 84 valence electrons. The Morgan fingerprint density at radius 2 is 2.00 bits per heavy atom. The lowest BCUT2D eigenvalue weighted by Crippen LogP contribution is -2.31. The van der Waals surface area contributed by atoms with Crippen LogP contribution in [0, 0.1) is 5.41 Å². The van der Waals surface area contributed by atoms with Crippen LogP contribution in [0.4, 0.5) is 11.8 Å². The highest BCUT2D eigenvalue weighted by molar-refractivity contribution is 6.29. The van der Waals surface area contributed by atoms with Gasteiger partial charge in [0.25, 0.3) is 0 Å². The molecule has 1 unspecified atom stereocenters. The largest absolute Gasteiger partial charge is 0.368 e. The summed E-state index contributed by atoms with van der Waals surface area (Å²) in [5.41, 5.74) is 5.64. The van der Waals surface area contributed by atoms with Crippen molar-refractivity contribution >= 4 is 23.4 Å². The number of rotatable bonds is 2. The zero-order valence-electron chi connectivity index (χ0n) is 9.50. The van der Waals surface area contributed by atoms with Crippen molar-refractivity contribution in [2.75, 3.05) is 11.1 Å². The summed E-state index contributed by atoms with van der Waals surface area (Å²) in [6.07, 6.45) is 0. The minimum atomic E-state index is 0.145. The molecular weight excluding hydrogens is 212 g/mol. The van der Waals surface area contributed by atoms with E-state index in [-0.39, 0.29) is 17.4 Å². The molecule has 1 rings (SSSR count). The van der Waals surface area contributed by atoms with E-state index in [0.717, 1.165) is 0 Å². The van der Waals surface area contributed by atoms with Crippen LogP contribution in [0.5, 0.6) is 0 Å². The van der Waals surface area contributed by atoms with Gasteiger partial charge in [-0.25, -0.2) is 4.98 Å². The molecule has 0 fully saturated rings. The van der Waals surface area contributed by atoms with Gasteiger partial charge in [0.05, 0.1) is 0 Å². The predicted molar refractivity (Wildman–Crippen MR) is 64.0 cm³/mol. The van der Waals surface area contributed by atoms with Crippen LogP contribution in [0.2, 0.25) is 5.15 Å². The molecule has 0 saturated heterocycles. The Labute approximate surface area is 95.3 Å². The highest BCUT2D eigenvalue weighted by atomic mass is 35.5. The molecule has 0 amide bonds. The number of aromatic nitrogens is 2. The van der Waals surface area contributed by atoms with E-state index >= 15 is 0 Å².